The molecule has 1 fully saturated rings. The number of nitrogens with zero attached hydrogens (tertiary/aromatic N) is 1. The number of thioether (sulfide) groups is 1. The monoisotopic (exact) mass is 305 g/mol. The van der Waals surface area contributed by atoms with Crippen LogP contribution in [0.25, 0.3) is 0 Å². The highest BCUT2D eigenvalue weighted by molar-refractivity contribution is 9.11. The summed E-state index contributed by atoms with van der Waals surface area (Å²) in [5.41, 5.74) is 1.45. The summed E-state index contributed by atoms with van der Waals surface area (Å²) in [5, 5.41) is 3.01. The number of halogens is 1. The van der Waals surface area contributed by atoms with Gasteiger partial charge in [0.2, 0.25) is 0 Å². The lowest BCUT2D eigenvalue weighted by Gasteiger charge is -2.31. The lowest BCUT2D eigenvalue weighted by molar-refractivity contribution is 0.226. The van der Waals surface area contributed by atoms with Gasteiger partial charge in [0.1, 0.15) is 0 Å². The van der Waals surface area contributed by atoms with Gasteiger partial charge in [-0.2, -0.15) is 11.8 Å². The van der Waals surface area contributed by atoms with Crippen molar-refractivity contribution in [1.82, 2.24) is 4.90 Å². The van der Waals surface area contributed by atoms with Gasteiger partial charge in [-0.1, -0.05) is 0 Å². The fourth-order valence-corrected chi connectivity index (χ4v) is 4.00. The molecular weight excluding hydrogens is 290 g/mol. The number of thiophene rings is 1. The summed E-state index contributed by atoms with van der Waals surface area (Å²) in [6, 6.07) is 2.23. The van der Waals surface area contributed by atoms with E-state index in [2.05, 4.69) is 38.5 Å². The van der Waals surface area contributed by atoms with E-state index in [1.165, 1.54) is 35.3 Å². The topological polar surface area (TPSA) is 3.24 Å². The first-order valence-corrected chi connectivity index (χ1v) is 8.22. The van der Waals surface area contributed by atoms with Gasteiger partial charge in [0.25, 0.3) is 0 Å². The normalized spacial score (nSPS) is 23.2. The van der Waals surface area contributed by atoms with Crippen LogP contribution in [0.5, 0.6) is 0 Å². The van der Waals surface area contributed by atoms with Crippen molar-refractivity contribution in [1.29, 1.82) is 0 Å². The van der Waals surface area contributed by atoms with E-state index in [1.807, 2.05) is 11.8 Å². The molecule has 0 radical (unpaired) electrons. The Hall–Kier alpha value is 0.490. The van der Waals surface area contributed by atoms with E-state index in [4.69, 9.17) is 0 Å². The van der Waals surface area contributed by atoms with Gasteiger partial charge in [0.05, 0.1) is 3.79 Å². The van der Waals surface area contributed by atoms with Gasteiger partial charge in [0, 0.05) is 18.3 Å². The lowest BCUT2D eigenvalue weighted by atomic mass is 10.1. The Morgan fingerprint density at radius 2 is 2.53 bits per heavy atom. The summed E-state index contributed by atoms with van der Waals surface area (Å²) >= 11 is 7.41. The number of hydrogen-bond acceptors (Lipinski definition) is 3. The molecule has 0 saturated carbocycles. The fourth-order valence-electron chi connectivity index (χ4n) is 2.02. The minimum atomic E-state index is 0.844. The predicted octanol–water partition coefficient (Wildman–Crippen LogP) is 3.84. The SMILES string of the molecule is CSC1CCCN(Cc2ccsc2Br)C1. The number of piperidine rings is 1. The lowest BCUT2D eigenvalue weighted by Crippen LogP contribution is -2.36. The van der Waals surface area contributed by atoms with Gasteiger partial charge < -0.3 is 0 Å². The zero-order valence-corrected chi connectivity index (χ0v) is 12.1. The Morgan fingerprint density at radius 3 is 3.20 bits per heavy atom. The molecule has 4 heteroatoms. The molecule has 1 nitrogen and oxygen atoms in total. The van der Waals surface area contributed by atoms with Crippen molar-refractivity contribution in [3.8, 4) is 0 Å². The largest absolute Gasteiger partial charge is 0.298 e. The van der Waals surface area contributed by atoms with Crippen molar-refractivity contribution >= 4 is 39.0 Å². The van der Waals surface area contributed by atoms with Crippen LogP contribution >= 0.6 is 39.0 Å². The van der Waals surface area contributed by atoms with Crippen molar-refractivity contribution in [2.45, 2.75) is 24.6 Å². The van der Waals surface area contributed by atoms with Crippen molar-refractivity contribution in [2.75, 3.05) is 19.3 Å². The molecule has 1 aliphatic heterocycles. The summed E-state index contributed by atoms with van der Waals surface area (Å²) < 4.78 is 1.30. The molecule has 1 unspecified atom stereocenters. The quantitative estimate of drug-likeness (QED) is 0.835. The average molecular weight is 306 g/mol. The van der Waals surface area contributed by atoms with Crippen LogP contribution in [0.2, 0.25) is 0 Å². The third-order valence-electron chi connectivity index (χ3n) is 2.88. The van der Waals surface area contributed by atoms with Gasteiger partial charge in [-0.05, 0) is 58.6 Å². The van der Waals surface area contributed by atoms with E-state index in [-0.39, 0.29) is 0 Å². The van der Waals surface area contributed by atoms with Gasteiger partial charge in [-0.25, -0.2) is 0 Å². The fraction of sp³-hybridized carbons (Fsp3) is 0.636. The van der Waals surface area contributed by atoms with Crippen LogP contribution in [0.4, 0.5) is 0 Å². The zero-order chi connectivity index (χ0) is 10.7. The molecule has 0 bridgehead atoms. The molecule has 15 heavy (non-hydrogen) atoms. The minimum absolute atomic E-state index is 0.844. The Labute approximate surface area is 108 Å². The predicted molar refractivity (Wildman–Crippen MR) is 73.8 cm³/mol. The van der Waals surface area contributed by atoms with E-state index in [0.717, 1.165) is 11.8 Å². The van der Waals surface area contributed by atoms with Crippen molar-refractivity contribution in [3.05, 3.63) is 20.8 Å². The first-order valence-electron chi connectivity index (χ1n) is 5.26. The van der Waals surface area contributed by atoms with Gasteiger partial charge in [-0.3, -0.25) is 4.90 Å². The molecule has 1 saturated heterocycles. The maximum atomic E-state index is 3.61. The van der Waals surface area contributed by atoms with Crippen molar-refractivity contribution in [3.63, 3.8) is 0 Å². The van der Waals surface area contributed by atoms with E-state index in [1.54, 1.807) is 11.3 Å². The molecule has 0 N–H and O–H groups in total. The molecular formula is C11H16BrNS2. The highest BCUT2D eigenvalue weighted by atomic mass is 79.9. The second kappa shape index (κ2) is 5.71. The summed E-state index contributed by atoms with van der Waals surface area (Å²) in [6.45, 7) is 3.63. The van der Waals surface area contributed by atoms with Crippen LogP contribution < -0.4 is 0 Å². The summed E-state index contributed by atoms with van der Waals surface area (Å²) in [7, 11) is 0. The molecule has 1 aromatic heterocycles. The smallest absolute Gasteiger partial charge is 0.0743 e. The molecule has 0 spiro atoms. The highest BCUT2D eigenvalue weighted by Gasteiger charge is 2.19. The number of rotatable bonds is 3. The van der Waals surface area contributed by atoms with E-state index < -0.39 is 0 Å². The number of likely N-dealkylation sites (tertiary alicyclic amines) is 1. The Balaban J connectivity index is 1.92. The molecule has 0 aromatic carbocycles. The van der Waals surface area contributed by atoms with Gasteiger partial charge >= 0.3 is 0 Å². The molecule has 2 heterocycles. The molecule has 84 valence electrons. The van der Waals surface area contributed by atoms with Gasteiger partial charge in [0.15, 0.2) is 0 Å². The average Bonchev–Trinajstić information content (AvgIpc) is 2.65. The van der Waals surface area contributed by atoms with Crippen LogP contribution in [0.3, 0.4) is 0 Å². The Bertz CT molecular complexity index is 313. The van der Waals surface area contributed by atoms with Gasteiger partial charge in [-0.15, -0.1) is 11.3 Å². The highest BCUT2D eigenvalue weighted by Crippen LogP contribution is 2.27. The molecule has 0 amide bonds. The van der Waals surface area contributed by atoms with E-state index in [9.17, 15) is 0 Å². The third-order valence-corrected chi connectivity index (χ3v) is 5.75. The first kappa shape index (κ1) is 12.0. The summed E-state index contributed by atoms with van der Waals surface area (Å²) in [5.74, 6) is 0. The van der Waals surface area contributed by atoms with Crippen molar-refractivity contribution in [2.24, 2.45) is 0 Å². The number of hydrogen-bond donors (Lipinski definition) is 0. The van der Waals surface area contributed by atoms with Crippen molar-refractivity contribution < 1.29 is 0 Å². The molecule has 1 aromatic rings. The Morgan fingerprint density at radius 1 is 1.67 bits per heavy atom. The maximum absolute atomic E-state index is 3.61. The van der Waals surface area contributed by atoms with Crippen LogP contribution in [-0.4, -0.2) is 29.5 Å². The molecule has 0 aliphatic carbocycles. The standard InChI is InChI=1S/C11H16BrNS2/c1-14-10-3-2-5-13(8-10)7-9-4-6-15-11(9)12/h4,6,10H,2-3,5,7-8H2,1H3. The molecule has 2 rings (SSSR count). The van der Waals surface area contributed by atoms with Crippen LogP contribution in [-0.2, 0) is 6.54 Å². The molecule has 1 aliphatic rings. The minimum Gasteiger partial charge on any atom is -0.298 e. The Kier molecular flexibility index (Phi) is 4.55. The molecule has 1 atom stereocenters. The van der Waals surface area contributed by atoms with Crippen LogP contribution in [0.1, 0.15) is 18.4 Å². The third kappa shape index (κ3) is 3.22. The second-order valence-electron chi connectivity index (χ2n) is 3.95. The zero-order valence-electron chi connectivity index (χ0n) is 8.91. The van der Waals surface area contributed by atoms with E-state index >= 15 is 0 Å². The first-order chi connectivity index (χ1) is 7.29. The van der Waals surface area contributed by atoms with Crippen LogP contribution in [0.15, 0.2) is 15.2 Å². The van der Waals surface area contributed by atoms with E-state index in [0.29, 0.717) is 0 Å². The summed E-state index contributed by atoms with van der Waals surface area (Å²) in [4.78, 5) is 2.58. The second-order valence-corrected chi connectivity index (χ2v) is 7.33. The maximum Gasteiger partial charge on any atom is 0.0743 e. The van der Waals surface area contributed by atoms with Crippen LogP contribution in [0, 0.1) is 0 Å². The summed E-state index contributed by atoms with van der Waals surface area (Å²) in [6.07, 6.45) is 4.98.